The van der Waals surface area contributed by atoms with Crippen molar-refractivity contribution in [3.8, 4) is 11.4 Å². The third kappa shape index (κ3) is 2.07. The van der Waals surface area contributed by atoms with E-state index in [0.717, 1.165) is 17.1 Å². The zero-order chi connectivity index (χ0) is 13.1. The van der Waals surface area contributed by atoms with Gasteiger partial charge in [0.05, 0.1) is 19.9 Å². The number of methoxy groups -OCH3 is 2. The molecule has 18 heavy (non-hydrogen) atoms. The summed E-state index contributed by atoms with van der Waals surface area (Å²) >= 11 is 0. The fourth-order valence-electron chi connectivity index (χ4n) is 1.71. The minimum absolute atomic E-state index is 0.327. The van der Waals surface area contributed by atoms with Gasteiger partial charge in [-0.1, -0.05) is 0 Å². The third-order valence-corrected chi connectivity index (χ3v) is 2.74. The predicted octanol–water partition coefficient (Wildman–Crippen LogP) is 1.98. The lowest BCUT2D eigenvalue weighted by Gasteiger charge is -2.06. The summed E-state index contributed by atoms with van der Waals surface area (Å²) in [5, 5.41) is 0. The van der Waals surface area contributed by atoms with Gasteiger partial charge in [-0.3, -0.25) is 0 Å². The topological polar surface area (TPSA) is 53.3 Å². The fourth-order valence-corrected chi connectivity index (χ4v) is 1.71. The summed E-state index contributed by atoms with van der Waals surface area (Å²) in [6, 6.07) is 7.50. The van der Waals surface area contributed by atoms with E-state index in [1.165, 1.54) is 7.11 Å². The molecule has 0 spiro atoms. The van der Waals surface area contributed by atoms with Crippen LogP contribution in [0, 0.1) is 6.92 Å². The number of carbonyl (C=O) groups is 1. The van der Waals surface area contributed by atoms with E-state index in [1.807, 2.05) is 35.8 Å². The van der Waals surface area contributed by atoms with Gasteiger partial charge in [0.15, 0.2) is 5.69 Å². The van der Waals surface area contributed by atoms with Crippen molar-refractivity contribution in [2.24, 2.45) is 0 Å². The standard InChI is InChI=1S/C13H14N2O3/c1-9-12(13(16)18-3)14-8-15(9)10-4-6-11(17-2)7-5-10/h4-8H,1-3H3. The Morgan fingerprint density at radius 1 is 1.22 bits per heavy atom. The molecule has 1 aromatic heterocycles. The van der Waals surface area contributed by atoms with Crippen molar-refractivity contribution in [2.75, 3.05) is 14.2 Å². The molecule has 0 amide bonds. The molecule has 2 aromatic rings. The molecule has 94 valence electrons. The first-order valence-corrected chi connectivity index (χ1v) is 5.44. The van der Waals surface area contributed by atoms with Crippen LogP contribution in [-0.4, -0.2) is 29.7 Å². The van der Waals surface area contributed by atoms with Crippen LogP contribution >= 0.6 is 0 Å². The average Bonchev–Trinajstić information content (AvgIpc) is 2.80. The summed E-state index contributed by atoms with van der Waals surface area (Å²) in [4.78, 5) is 15.5. The van der Waals surface area contributed by atoms with E-state index < -0.39 is 5.97 Å². The number of carbonyl (C=O) groups excluding carboxylic acids is 1. The quantitative estimate of drug-likeness (QED) is 0.777. The molecule has 0 radical (unpaired) electrons. The Balaban J connectivity index is 2.39. The maximum Gasteiger partial charge on any atom is 0.358 e. The second-order valence-electron chi connectivity index (χ2n) is 3.74. The van der Waals surface area contributed by atoms with Crippen molar-refractivity contribution >= 4 is 5.97 Å². The number of esters is 1. The highest BCUT2D eigenvalue weighted by Crippen LogP contribution is 2.18. The number of benzene rings is 1. The summed E-state index contributed by atoms with van der Waals surface area (Å²) in [5.41, 5.74) is 1.98. The van der Waals surface area contributed by atoms with Gasteiger partial charge in [-0.05, 0) is 31.2 Å². The summed E-state index contributed by atoms with van der Waals surface area (Å²) in [5.74, 6) is 0.351. The zero-order valence-corrected chi connectivity index (χ0v) is 10.5. The third-order valence-electron chi connectivity index (χ3n) is 2.74. The summed E-state index contributed by atoms with van der Waals surface area (Å²) in [6.07, 6.45) is 1.60. The number of ether oxygens (including phenoxy) is 2. The van der Waals surface area contributed by atoms with Crippen LogP contribution in [-0.2, 0) is 4.74 Å². The van der Waals surface area contributed by atoms with Gasteiger partial charge in [0, 0.05) is 5.69 Å². The van der Waals surface area contributed by atoms with Crippen LogP contribution < -0.4 is 4.74 Å². The number of rotatable bonds is 3. The Labute approximate surface area is 105 Å². The van der Waals surface area contributed by atoms with E-state index in [9.17, 15) is 4.79 Å². The van der Waals surface area contributed by atoms with Gasteiger partial charge in [0.25, 0.3) is 0 Å². The van der Waals surface area contributed by atoms with Gasteiger partial charge in [-0.15, -0.1) is 0 Å². The first-order valence-electron chi connectivity index (χ1n) is 5.44. The number of imidazole rings is 1. The monoisotopic (exact) mass is 246 g/mol. The Hall–Kier alpha value is -2.30. The van der Waals surface area contributed by atoms with Gasteiger partial charge in [-0.2, -0.15) is 0 Å². The van der Waals surface area contributed by atoms with Crippen molar-refractivity contribution in [1.29, 1.82) is 0 Å². The Morgan fingerprint density at radius 3 is 2.44 bits per heavy atom. The Bertz CT molecular complexity index is 558. The predicted molar refractivity (Wildman–Crippen MR) is 66.2 cm³/mol. The maximum absolute atomic E-state index is 11.5. The molecule has 5 nitrogen and oxygen atoms in total. The van der Waals surface area contributed by atoms with E-state index in [2.05, 4.69) is 9.72 Å². The molecule has 0 N–H and O–H groups in total. The molecule has 0 fully saturated rings. The highest BCUT2D eigenvalue weighted by atomic mass is 16.5. The van der Waals surface area contributed by atoms with Crippen LogP contribution in [0.15, 0.2) is 30.6 Å². The molecule has 5 heteroatoms. The zero-order valence-electron chi connectivity index (χ0n) is 10.5. The van der Waals surface area contributed by atoms with Gasteiger partial charge < -0.3 is 14.0 Å². The van der Waals surface area contributed by atoms with Crippen LogP contribution in [0.5, 0.6) is 5.75 Å². The second-order valence-corrected chi connectivity index (χ2v) is 3.74. The lowest BCUT2D eigenvalue weighted by molar-refractivity contribution is 0.0593. The average molecular weight is 246 g/mol. The summed E-state index contributed by atoms with van der Waals surface area (Å²) in [7, 11) is 2.96. The number of hydrogen-bond acceptors (Lipinski definition) is 4. The van der Waals surface area contributed by atoms with E-state index in [-0.39, 0.29) is 0 Å². The van der Waals surface area contributed by atoms with E-state index in [4.69, 9.17) is 4.74 Å². The number of aromatic nitrogens is 2. The lowest BCUT2D eigenvalue weighted by Crippen LogP contribution is -2.05. The fraction of sp³-hybridized carbons (Fsp3) is 0.231. The molecule has 0 bridgehead atoms. The van der Waals surface area contributed by atoms with E-state index >= 15 is 0 Å². The molecule has 0 unspecified atom stereocenters. The molecule has 0 atom stereocenters. The molecule has 1 heterocycles. The molecular weight excluding hydrogens is 232 g/mol. The molecule has 0 aliphatic heterocycles. The normalized spacial score (nSPS) is 10.2. The van der Waals surface area contributed by atoms with Gasteiger partial charge in [-0.25, -0.2) is 9.78 Å². The van der Waals surface area contributed by atoms with Crippen molar-refractivity contribution in [3.05, 3.63) is 42.0 Å². The van der Waals surface area contributed by atoms with Crippen molar-refractivity contribution in [3.63, 3.8) is 0 Å². The molecule has 2 rings (SSSR count). The van der Waals surface area contributed by atoms with E-state index in [0.29, 0.717) is 5.69 Å². The summed E-state index contributed by atoms with van der Waals surface area (Å²) in [6.45, 7) is 1.82. The first-order chi connectivity index (χ1) is 8.67. The SMILES string of the molecule is COC(=O)c1ncn(-c2ccc(OC)cc2)c1C. The molecule has 0 aliphatic carbocycles. The highest BCUT2D eigenvalue weighted by molar-refractivity contribution is 5.88. The van der Waals surface area contributed by atoms with Crippen molar-refractivity contribution < 1.29 is 14.3 Å². The summed E-state index contributed by atoms with van der Waals surface area (Å²) < 4.78 is 11.6. The van der Waals surface area contributed by atoms with Gasteiger partial charge >= 0.3 is 5.97 Å². The van der Waals surface area contributed by atoms with Crippen LogP contribution in [0.2, 0.25) is 0 Å². The van der Waals surface area contributed by atoms with Crippen LogP contribution in [0.1, 0.15) is 16.2 Å². The van der Waals surface area contributed by atoms with Crippen molar-refractivity contribution in [2.45, 2.75) is 6.92 Å². The van der Waals surface area contributed by atoms with Crippen molar-refractivity contribution in [1.82, 2.24) is 9.55 Å². The Kier molecular flexibility index (Phi) is 3.32. The molecule has 0 saturated carbocycles. The van der Waals surface area contributed by atoms with Crippen LogP contribution in [0.4, 0.5) is 0 Å². The number of hydrogen-bond donors (Lipinski definition) is 0. The Morgan fingerprint density at radius 2 is 1.89 bits per heavy atom. The molecular formula is C13H14N2O3. The minimum Gasteiger partial charge on any atom is -0.497 e. The maximum atomic E-state index is 11.5. The lowest BCUT2D eigenvalue weighted by atomic mass is 10.2. The smallest absolute Gasteiger partial charge is 0.358 e. The largest absolute Gasteiger partial charge is 0.497 e. The van der Waals surface area contributed by atoms with Crippen LogP contribution in [0.25, 0.3) is 5.69 Å². The van der Waals surface area contributed by atoms with Crippen LogP contribution in [0.3, 0.4) is 0 Å². The number of nitrogens with zero attached hydrogens (tertiary/aromatic N) is 2. The molecule has 0 saturated heterocycles. The molecule has 1 aromatic carbocycles. The minimum atomic E-state index is -0.431. The van der Waals surface area contributed by atoms with E-state index in [1.54, 1.807) is 13.4 Å². The molecule has 0 aliphatic rings. The second kappa shape index (κ2) is 4.91. The van der Waals surface area contributed by atoms with Gasteiger partial charge in [0.2, 0.25) is 0 Å². The highest BCUT2D eigenvalue weighted by Gasteiger charge is 2.15. The first kappa shape index (κ1) is 12.2. The van der Waals surface area contributed by atoms with Gasteiger partial charge in [0.1, 0.15) is 12.1 Å².